The van der Waals surface area contributed by atoms with Crippen LogP contribution in [0.15, 0.2) is 30.3 Å². The molecular formula is C13H19N2OS2+. The molecule has 0 bridgehead atoms. The van der Waals surface area contributed by atoms with Crippen molar-refractivity contribution in [3.63, 3.8) is 0 Å². The Bertz CT molecular complexity index is 386. The number of nitrogens with zero attached hydrogens (tertiary/aromatic N) is 1. The molecule has 0 saturated carbocycles. The summed E-state index contributed by atoms with van der Waals surface area (Å²) in [6, 6.07) is 10.5. The number of hydrogen-bond donors (Lipinski definition) is 1. The number of ether oxygens (including phenoxy) is 1. The molecule has 1 fully saturated rings. The lowest BCUT2D eigenvalue weighted by atomic mass is 10.2. The summed E-state index contributed by atoms with van der Waals surface area (Å²) in [5.41, 5.74) is 1.31. The fourth-order valence-electron chi connectivity index (χ4n) is 1.96. The molecule has 0 radical (unpaired) electrons. The van der Waals surface area contributed by atoms with E-state index in [0.29, 0.717) is 0 Å². The van der Waals surface area contributed by atoms with E-state index in [0.717, 1.165) is 36.6 Å². The minimum Gasteiger partial charge on any atom is -0.379 e. The second-order valence-corrected chi connectivity index (χ2v) is 6.00. The lowest BCUT2D eigenvalue weighted by molar-refractivity contribution is -0.897. The van der Waals surface area contributed by atoms with Crippen LogP contribution >= 0.6 is 24.0 Å². The third kappa shape index (κ3) is 3.95. The molecule has 1 aromatic rings. The maximum Gasteiger partial charge on any atom is 0.155 e. The number of nitrogens with one attached hydrogen (secondary N) is 1. The van der Waals surface area contributed by atoms with Crippen LogP contribution in [-0.4, -0.2) is 42.0 Å². The van der Waals surface area contributed by atoms with Crippen molar-refractivity contribution in [1.29, 1.82) is 0 Å². The van der Waals surface area contributed by atoms with Gasteiger partial charge in [-0.2, -0.15) is 0 Å². The van der Waals surface area contributed by atoms with Gasteiger partial charge in [-0.3, -0.25) is 0 Å². The zero-order valence-electron chi connectivity index (χ0n) is 10.6. The van der Waals surface area contributed by atoms with Gasteiger partial charge in [0.25, 0.3) is 0 Å². The van der Waals surface area contributed by atoms with E-state index in [-0.39, 0.29) is 0 Å². The number of quaternary nitrogens is 1. The number of thioether (sulfide) groups is 1. The van der Waals surface area contributed by atoms with Crippen LogP contribution in [0.1, 0.15) is 5.56 Å². The standard InChI is InChI=1S/C13H18N2OS2/c1-16-8-7-14-10-15(13(17)18-11-14)9-12-5-3-2-4-6-12/h2-6H,7-11H2,1H3/p+1. The number of methoxy groups -OCH3 is 1. The summed E-state index contributed by atoms with van der Waals surface area (Å²) in [6.45, 7) is 3.73. The summed E-state index contributed by atoms with van der Waals surface area (Å²) < 4.78 is 6.16. The molecular weight excluding hydrogens is 264 g/mol. The molecule has 1 aliphatic heterocycles. The van der Waals surface area contributed by atoms with E-state index < -0.39 is 0 Å². The van der Waals surface area contributed by atoms with Crippen molar-refractivity contribution >= 4 is 28.3 Å². The van der Waals surface area contributed by atoms with Crippen molar-refractivity contribution in [2.24, 2.45) is 0 Å². The van der Waals surface area contributed by atoms with Crippen LogP contribution < -0.4 is 4.90 Å². The highest BCUT2D eigenvalue weighted by atomic mass is 32.2. The highest BCUT2D eigenvalue weighted by Crippen LogP contribution is 2.13. The van der Waals surface area contributed by atoms with Crippen molar-refractivity contribution in [2.45, 2.75) is 6.54 Å². The van der Waals surface area contributed by atoms with Gasteiger partial charge in [0.2, 0.25) is 0 Å². The fourth-order valence-corrected chi connectivity index (χ4v) is 3.14. The molecule has 1 atom stereocenters. The van der Waals surface area contributed by atoms with E-state index in [4.69, 9.17) is 17.0 Å². The first-order valence-electron chi connectivity index (χ1n) is 6.07. The Balaban J connectivity index is 1.91. The zero-order chi connectivity index (χ0) is 12.8. The number of hydrogen-bond acceptors (Lipinski definition) is 3. The topological polar surface area (TPSA) is 16.9 Å². The lowest BCUT2D eigenvalue weighted by Gasteiger charge is -2.33. The molecule has 1 N–H and O–H groups in total. The van der Waals surface area contributed by atoms with Gasteiger partial charge >= 0.3 is 0 Å². The molecule has 18 heavy (non-hydrogen) atoms. The van der Waals surface area contributed by atoms with Gasteiger partial charge in [0.05, 0.1) is 6.61 Å². The van der Waals surface area contributed by atoms with Crippen molar-refractivity contribution in [1.82, 2.24) is 4.90 Å². The van der Waals surface area contributed by atoms with Crippen LogP contribution in [0.5, 0.6) is 0 Å². The first-order valence-corrected chi connectivity index (χ1v) is 7.47. The number of benzene rings is 1. The predicted molar refractivity (Wildman–Crippen MR) is 79.6 cm³/mol. The molecule has 2 rings (SSSR count). The van der Waals surface area contributed by atoms with Gasteiger partial charge in [0, 0.05) is 13.7 Å². The van der Waals surface area contributed by atoms with Crippen molar-refractivity contribution in [3.05, 3.63) is 35.9 Å². The number of rotatable bonds is 5. The molecule has 1 saturated heterocycles. The molecule has 0 spiro atoms. The van der Waals surface area contributed by atoms with Crippen LogP contribution in [0.25, 0.3) is 0 Å². The summed E-state index contributed by atoms with van der Waals surface area (Å²) in [4.78, 5) is 3.80. The maximum atomic E-state index is 5.44. The van der Waals surface area contributed by atoms with Gasteiger partial charge < -0.3 is 14.5 Å². The molecule has 3 nitrogen and oxygen atoms in total. The summed E-state index contributed by atoms with van der Waals surface area (Å²) in [7, 11) is 1.75. The molecule has 0 amide bonds. The van der Waals surface area contributed by atoms with E-state index in [1.54, 1.807) is 18.9 Å². The molecule has 0 aliphatic carbocycles. The van der Waals surface area contributed by atoms with Crippen molar-refractivity contribution < 1.29 is 9.64 Å². The van der Waals surface area contributed by atoms with Gasteiger partial charge in [0.15, 0.2) is 6.67 Å². The second kappa shape index (κ2) is 7.09. The second-order valence-electron chi connectivity index (χ2n) is 4.39. The largest absolute Gasteiger partial charge is 0.379 e. The highest BCUT2D eigenvalue weighted by Gasteiger charge is 2.24. The molecule has 0 aromatic heterocycles. The monoisotopic (exact) mass is 283 g/mol. The normalized spacial score (nSPS) is 20.2. The molecule has 5 heteroatoms. The van der Waals surface area contributed by atoms with Gasteiger partial charge in [-0.25, -0.2) is 0 Å². The molecule has 1 heterocycles. The molecule has 1 aliphatic rings. The first-order chi connectivity index (χ1) is 8.79. The minimum absolute atomic E-state index is 0.807. The van der Waals surface area contributed by atoms with Crippen LogP contribution in [0.4, 0.5) is 0 Å². The zero-order valence-corrected chi connectivity index (χ0v) is 12.2. The number of thiocarbonyl (C=S) groups is 1. The summed E-state index contributed by atoms with van der Waals surface area (Å²) in [5.74, 6) is 1.05. The van der Waals surface area contributed by atoms with Gasteiger partial charge in [0.1, 0.15) is 16.7 Å². The predicted octanol–water partition coefficient (Wildman–Crippen LogP) is 0.967. The van der Waals surface area contributed by atoms with Gasteiger partial charge in [-0.1, -0.05) is 42.5 Å². The SMILES string of the molecule is COCC[NH+]1CSC(=S)N(Cc2ccccc2)C1. The van der Waals surface area contributed by atoms with Crippen molar-refractivity contribution in [3.8, 4) is 0 Å². The quantitative estimate of drug-likeness (QED) is 0.811. The Kier molecular flexibility index (Phi) is 5.44. The van der Waals surface area contributed by atoms with E-state index in [1.807, 2.05) is 6.07 Å². The van der Waals surface area contributed by atoms with E-state index in [1.165, 1.54) is 10.5 Å². The first kappa shape index (κ1) is 13.8. The third-order valence-corrected chi connectivity index (χ3v) is 4.62. The molecule has 98 valence electrons. The van der Waals surface area contributed by atoms with E-state index in [2.05, 4.69) is 29.2 Å². The average Bonchev–Trinajstić information content (AvgIpc) is 2.41. The Hall–Kier alpha value is -0.620. The minimum atomic E-state index is 0.807. The summed E-state index contributed by atoms with van der Waals surface area (Å²) in [6.07, 6.45) is 0. The highest BCUT2D eigenvalue weighted by molar-refractivity contribution is 8.22. The van der Waals surface area contributed by atoms with Crippen LogP contribution in [0, 0.1) is 0 Å². The summed E-state index contributed by atoms with van der Waals surface area (Å²) >= 11 is 7.20. The Morgan fingerprint density at radius 3 is 2.89 bits per heavy atom. The fraction of sp³-hybridized carbons (Fsp3) is 0.462. The van der Waals surface area contributed by atoms with Crippen LogP contribution in [0.3, 0.4) is 0 Å². The van der Waals surface area contributed by atoms with Gasteiger partial charge in [-0.05, 0) is 17.3 Å². The lowest BCUT2D eigenvalue weighted by Crippen LogP contribution is -3.14. The van der Waals surface area contributed by atoms with Crippen LogP contribution in [0.2, 0.25) is 0 Å². The van der Waals surface area contributed by atoms with E-state index in [9.17, 15) is 0 Å². The van der Waals surface area contributed by atoms with Gasteiger partial charge in [-0.15, -0.1) is 0 Å². The van der Waals surface area contributed by atoms with Crippen LogP contribution in [-0.2, 0) is 11.3 Å². The molecule has 1 unspecified atom stereocenters. The van der Waals surface area contributed by atoms with E-state index >= 15 is 0 Å². The summed E-state index contributed by atoms with van der Waals surface area (Å²) in [5, 5.41) is 0. The third-order valence-electron chi connectivity index (χ3n) is 2.95. The Labute approximate surface area is 118 Å². The average molecular weight is 283 g/mol. The Morgan fingerprint density at radius 2 is 2.17 bits per heavy atom. The smallest absolute Gasteiger partial charge is 0.155 e. The maximum absolute atomic E-state index is 5.44. The molecule has 1 aromatic carbocycles. The Morgan fingerprint density at radius 1 is 1.39 bits per heavy atom. The van der Waals surface area contributed by atoms with Crippen molar-refractivity contribution in [2.75, 3.05) is 32.8 Å².